The second kappa shape index (κ2) is 17.8. The minimum Gasteiger partial charge on any atom is -0.370 e. The highest BCUT2D eigenvalue weighted by atomic mass is 16.2. The lowest BCUT2D eigenvalue weighted by Gasteiger charge is -2.16. The maximum atomic E-state index is 12.5. The van der Waals surface area contributed by atoms with Crippen molar-refractivity contribution in [2.75, 3.05) is 0 Å². The summed E-state index contributed by atoms with van der Waals surface area (Å²) in [5.41, 5.74) is 9.26. The Hall–Kier alpha value is -6.16. The molecule has 0 spiro atoms. The average molecular weight is 673 g/mol. The number of fused-ring (bicyclic) bond motifs is 1. The normalized spacial score (nSPS) is 11.7. The van der Waals surface area contributed by atoms with Gasteiger partial charge in [-0.25, -0.2) is 0 Å². The van der Waals surface area contributed by atoms with Crippen LogP contribution in [0.4, 0.5) is 0 Å². The van der Waals surface area contributed by atoms with Crippen LogP contribution in [0.15, 0.2) is 120 Å². The Kier molecular flexibility index (Phi) is 13.1. The summed E-state index contributed by atoms with van der Waals surface area (Å²) in [6.07, 6.45) is 1.71. The predicted octanol–water partition coefficient (Wildman–Crippen LogP) is 4.49. The Bertz CT molecular complexity index is 2010. The van der Waals surface area contributed by atoms with E-state index in [1.54, 1.807) is 48.5 Å². The maximum absolute atomic E-state index is 12.5. The third-order valence-corrected chi connectivity index (χ3v) is 8.02. The second-order valence-electron chi connectivity index (χ2n) is 11.9. The van der Waals surface area contributed by atoms with Crippen LogP contribution >= 0.6 is 0 Å². The van der Waals surface area contributed by atoms with Gasteiger partial charge in [0, 0.05) is 29.1 Å². The molecule has 1 aromatic heterocycles. The molecule has 0 saturated carbocycles. The molecule has 0 aliphatic carbocycles. The molecule has 0 bridgehead atoms. The van der Waals surface area contributed by atoms with Crippen molar-refractivity contribution in [2.45, 2.75) is 51.6 Å². The molecule has 3 amide bonds. The molecule has 1 heterocycles. The van der Waals surface area contributed by atoms with Gasteiger partial charge in [-0.2, -0.15) is 0 Å². The highest BCUT2D eigenvalue weighted by Crippen LogP contribution is 2.13. The molecule has 2 atom stereocenters. The summed E-state index contributed by atoms with van der Waals surface area (Å²) < 4.78 is 0. The number of H-pyrrole nitrogens is 1. The van der Waals surface area contributed by atoms with Gasteiger partial charge in [-0.15, -0.1) is 0 Å². The number of carbonyl (C=O) groups is 5. The van der Waals surface area contributed by atoms with Crippen molar-refractivity contribution < 1.29 is 24.0 Å². The lowest BCUT2D eigenvalue weighted by Crippen LogP contribution is -2.41. The minimum atomic E-state index is -0.597. The van der Waals surface area contributed by atoms with Gasteiger partial charge in [-0.05, 0) is 85.5 Å². The number of amides is 3. The molecule has 5 N–H and O–H groups in total. The van der Waals surface area contributed by atoms with Gasteiger partial charge in [-0.1, -0.05) is 78.9 Å². The first kappa shape index (κ1) is 36.7. The molecule has 5 rings (SSSR count). The van der Waals surface area contributed by atoms with Crippen LogP contribution in [0.2, 0.25) is 0 Å². The van der Waals surface area contributed by atoms with Crippen molar-refractivity contribution in [1.82, 2.24) is 15.6 Å². The van der Waals surface area contributed by atoms with E-state index in [9.17, 15) is 28.8 Å². The smallest absolute Gasteiger partial charge is 0.251 e. The molecule has 256 valence electrons. The molecule has 0 aliphatic heterocycles. The SMILES string of the molecule is CC(=O)C(Cc1ccccc1)NC(=O)c1ccc(CCC(N)=O)cc1.CC(=O)C(Cc1ccccc1)NC(=O)c1ccc2ccc(=O)[nH]c2c1. The quantitative estimate of drug-likeness (QED) is 0.144. The van der Waals surface area contributed by atoms with E-state index in [2.05, 4.69) is 15.6 Å². The van der Waals surface area contributed by atoms with E-state index in [4.69, 9.17) is 5.73 Å². The molecule has 2 unspecified atom stereocenters. The van der Waals surface area contributed by atoms with Crippen LogP contribution in [0.1, 0.15) is 57.7 Å². The largest absolute Gasteiger partial charge is 0.370 e. The first-order valence-corrected chi connectivity index (χ1v) is 16.2. The fraction of sp³-hybridized carbons (Fsp3) is 0.200. The highest BCUT2D eigenvalue weighted by molar-refractivity contribution is 6.00. The van der Waals surface area contributed by atoms with Crippen LogP contribution in [-0.4, -0.2) is 46.4 Å². The Morgan fingerprint density at radius 1 is 0.620 bits per heavy atom. The number of carbonyl (C=O) groups excluding carboxylic acids is 5. The zero-order valence-corrected chi connectivity index (χ0v) is 28.0. The fourth-order valence-corrected chi connectivity index (χ4v) is 5.16. The predicted molar refractivity (Wildman–Crippen MR) is 193 cm³/mol. The van der Waals surface area contributed by atoms with E-state index >= 15 is 0 Å². The van der Waals surface area contributed by atoms with Crippen LogP contribution in [0.5, 0.6) is 0 Å². The standard InChI is InChI=1S/C20H18N2O3.C20H22N2O3/c1-13(23)17(11-14-5-3-2-4-6-14)22-20(25)16-8-7-15-9-10-19(24)21-18(15)12-16;1-14(23)18(13-16-5-3-2-4-6-16)22-20(25)17-10-7-15(8-11-17)9-12-19(21)24/h2-10,12,17H,11H2,1H3,(H,21,24)(H,22,25);2-8,10-11,18H,9,12-13H2,1H3,(H2,21,24)(H,22,25). The number of aryl methyl sites for hydroxylation is 1. The summed E-state index contributed by atoms with van der Waals surface area (Å²) in [4.78, 5) is 73.6. The van der Waals surface area contributed by atoms with E-state index in [0.29, 0.717) is 35.9 Å². The number of aromatic amines is 1. The van der Waals surface area contributed by atoms with E-state index in [0.717, 1.165) is 22.1 Å². The number of nitrogens with one attached hydrogen (secondary N) is 3. The number of ketones is 2. The maximum Gasteiger partial charge on any atom is 0.251 e. The van der Waals surface area contributed by atoms with E-state index in [-0.39, 0.29) is 41.3 Å². The number of benzene rings is 4. The molecule has 50 heavy (non-hydrogen) atoms. The first-order valence-electron chi connectivity index (χ1n) is 16.2. The van der Waals surface area contributed by atoms with Crippen molar-refractivity contribution in [1.29, 1.82) is 0 Å². The second-order valence-corrected chi connectivity index (χ2v) is 11.9. The summed E-state index contributed by atoms with van der Waals surface area (Å²) >= 11 is 0. The highest BCUT2D eigenvalue weighted by Gasteiger charge is 2.20. The number of pyridine rings is 1. The van der Waals surface area contributed by atoms with Crippen LogP contribution in [0.25, 0.3) is 10.9 Å². The molecule has 0 fully saturated rings. The van der Waals surface area contributed by atoms with E-state index in [1.165, 1.54) is 19.9 Å². The molecule has 0 saturated heterocycles. The molecule has 0 aliphatic rings. The summed E-state index contributed by atoms with van der Waals surface area (Å²) in [7, 11) is 0. The lowest BCUT2D eigenvalue weighted by molar-refractivity contribution is -0.119. The van der Waals surface area contributed by atoms with Crippen molar-refractivity contribution in [3.05, 3.63) is 153 Å². The van der Waals surface area contributed by atoms with Crippen LogP contribution in [0.3, 0.4) is 0 Å². The molecular formula is C40H40N4O6. The van der Waals surface area contributed by atoms with Crippen molar-refractivity contribution in [2.24, 2.45) is 5.73 Å². The molecule has 0 radical (unpaired) electrons. The number of hydrogen-bond acceptors (Lipinski definition) is 6. The van der Waals surface area contributed by atoms with Crippen LogP contribution in [-0.2, 0) is 33.6 Å². The fourth-order valence-electron chi connectivity index (χ4n) is 5.16. The number of hydrogen-bond donors (Lipinski definition) is 4. The zero-order valence-electron chi connectivity index (χ0n) is 28.0. The summed E-state index contributed by atoms with van der Waals surface area (Å²) in [5, 5.41) is 6.41. The van der Waals surface area contributed by atoms with Gasteiger partial charge in [0.05, 0.1) is 12.1 Å². The number of primary amides is 1. The van der Waals surface area contributed by atoms with E-state index in [1.807, 2.05) is 60.7 Å². The molecule has 10 heteroatoms. The lowest BCUT2D eigenvalue weighted by atomic mass is 10.0. The Morgan fingerprint density at radius 3 is 1.60 bits per heavy atom. The Balaban J connectivity index is 0.000000225. The average Bonchev–Trinajstić information content (AvgIpc) is 3.11. The summed E-state index contributed by atoms with van der Waals surface area (Å²) in [6.45, 7) is 2.94. The topological polar surface area (TPSA) is 168 Å². The molecule has 10 nitrogen and oxygen atoms in total. The van der Waals surface area contributed by atoms with Gasteiger partial charge in [0.15, 0.2) is 11.6 Å². The summed E-state index contributed by atoms with van der Waals surface area (Å²) in [6, 6.07) is 33.1. The number of nitrogens with two attached hydrogens (primary N) is 1. The van der Waals surface area contributed by atoms with Gasteiger partial charge in [-0.3, -0.25) is 28.8 Å². The summed E-state index contributed by atoms with van der Waals surface area (Å²) in [5.74, 6) is -1.19. The van der Waals surface area contributed by atoms with Crippen LogP contribution < -0.4 is 21.9 Å². The zero-order chi connectivity index (χ0) is 36.0. The van der Waals surface area contributed by atoms with Gasteiger partial charge in [0.1, 0.15) is 0 Å². The number of rotatable bonds is 13. The van der Waals surface area contributed by atoms with Crippen molar-refractivity contribution >= 4 is 40.2 Å². The number of Topliss-reactive ketones (excluding diaryl/α,β-unsaturated/α-hetero) is 2. The van der Waals surface area contributed by atoms with E-state index < -0.39 is 12.1 Å². The van der Waals surface area contributed by atoms with Crippen molar-refractivity contribution in [3.63, 3.8) is 0 Å². The monoisotopic (exact) mass is 672 g/mol. The van der Waals surface area contributed by atoms with Gasteiger partial charge in [0.2, 0.25) is 11.5 Å². The molecular weight excluding hydrogens is 632 g/mol. The first-order chi connectivity index (χ1) is 24.0. The molecule has 5 aromatic rings. The third kappa shape index (κ3) is 11.2. The third-order valence-electron chi connectivity index (χ3n) is 8.02. The minimum absolute atomic E-state index is 0.0877. The van der Waals surface area contributed by atoms with Gasteiger partial charge < -0.3 is 21.4 Å². The Morgan fingerprint density at radius 2 is 1.10 bits per heavy atom. The Labute approximate surface area is 290 Å². The number of aromatic nitrogens is 1. The van der Waals surface area contributed by atoms with Gasteiger partial charge >= 0.3 is 0 Å². The van der Waals surface area contributed by atoms with Gasteiger partial charge in [0.25, 0.3) is 11.8 Å². The van der Waals surface area contributed by atoms with Crippen molar-refractivity contribution in [3.8, 4) is 0 Å². The van der Waals surface area contributed by atoms with Crippen LogP contribution in [0, 0.1) is 0 Å². The molecule has 4 aromatic carbocycles.